The lowest BCUT2D eigenvalue weighted by molar-refractivity contribution is 0.0955. The third-order valence-electron chi connectivity index (χ3n) is 4.24. The van der Waals surface area contributed by atoms with Crippen molar-refractivity contribution in [3.63, 3.8) is 0 Å². The zero-order valence-electron chi connectivity index (χ0n) is 15.6. The molecule has 1 amide bonds. The Morgan fingerprint density at radius 2 is 1.90 bits per heavy atom. The van der Waals surface area contributed by atoms with Crippen LogP contribution in [-0.2, 0) is 0 Å². The SMILES string of the molecule is COc1ccc(C(=O)N/N=C/c2cn(-c3ccccc3)nc2-c2cccs2)cc1. The fraction of sp³-hybridized carbons (Fsp3) is 0.0455. The van der Waals surface area contributed by atoms with Gasteiger partial charge in [-0.1, -0.05) is 24.3 Å². The first-order valence-corrected chi connectivity index (χ1v) is 9.79. The normalized spacial score (nSPS) is 10.9. The molecular formula is C22H18N4O2S. The molecule has 0 fully saturated rings. The van der Waals surface area contributed by atoms with E-state index < -0.39 is 0 Å². The van der Waals surface area contributed by atoms with Crippen LogP contribution < -0.4 is 10.2 Å². The van der Waals surface area contributed by atoms with Gasteiger partial charge in [-0.2, -0.15) is 10.2 Å². The number of carbonyl (C=O) groups is 1. The Hall–Kier alpha value is -3.71. The summed E-state index contributed by atoms with van der Waals surface area (Å²) in [5.74, 6) is 0.399. The second-order valence-electron chi connectivity index (χ2n) is 6.12. The van der Waals surface area contributed by atoms with Crippen molar-refractivity contribution < 1.29 is 9.53 Å². The smallest absolute Gasteiger partial charge is 0.271 e. The minimum Gasteiger partial charge on any atom is -0.497 e. The van der Waals surface area contributed by atoms with Crippen molar-refractivity contribution in [3.8, 4) is 22.0 Å². The summed E-state index contributed by atoms with van der Waals surface area (Å²) < 4.78 is 6.91. The predicted molar refractivity (Wildman–Crippen MR) is 115 cm³/mol. The number of nitrogens with one attached hydrogen (secondary N) is 1. The molecule has 2 aromatic heterocycles. The van der Waals surface area contributed by atoms with Crippen molar-refractivity contribution in [1.82, 2.24) is 15.2 Å². The van der Waals surface area contributed by atoms with Gasteiger partial charge in [-0.25, -0.2) is 10.1 Å². The molecular weight excluding hydrogens is 384 g/mol. The van der Waals surface area contributed by atoms with Gasteiger partial charge in [0.1, 0.15) is 11.4 Å². The average molecular weight is 402 g/mol. The summed E-state index contributed by atoms with van der Waals surface area (Å²) in [4.78, 5) is 13.3. The third-order valence-corrected chi connectivity index (χ3v) is 5.12. The minimum absolute atomic E-state index is 0.294. The van der Waals surface area contributed by atoms with Crippen molar-refractivity contribution >= 4 is 23.5 Å². The van der Waals surface area contributed by atoms with E-state index >= 15 is 0 Å². The molecule has 1 N–H and O–H groups in total. The number of hydrogen-bond donors (Lipinski definition) is 1. The quantitative estimate of drug-likeness (QED) is 0.385. The Morgan fingerprint density at radius 3 is 2.59 bits per heavy atom. The molecule has 0 bridgehead atoms. The molecule has 2 aromatic carbocycles. The summed E-state index contributed by atoms with van der Waals surface area (Å²) in [5, 5.41) is 10.8. The highest BCUT2D eigenvalue weighted by molar-refractivity contribution is 7.13. The van der Waals surface area contributed by atoms with E-state index in [4.69, 9.17) is 9.84 Å². The number of nitrogens with zero attached hydrogens (tertiary/aromatic N) is 3. The van der Waals surface area contributed by atoms with Crippen LogP contribution in [0.2, 0.25) is 0 Å². The molecule has 0 spiro atoms. The molecule has 4 rings (SSSR count). The molecule has 0 atom stereocenters. The van der Waals surface area contributed by atoms with Gasteiger partial charge in [-0.05, 0) is 47.8 Å². The summed E-state index contributed by atoms with van der Waals surface area (Å²) in [6, 6.07) is 20.7. The fourth-order valence-corrected chi connectivity index (χ4v) is 3.50. The first kappa shape index (κ1) is 18.6. The van der Waals surface area contributed by atoms with Gasteiger partial charge < -0.3 is 4.74 Å². The predicted octanol–water partition coefficient (Wildman–Crippen LogP) is 4.37. The summed E-state index contributed by atoms with van der Waals surface area (Å²) in [7, 11) is 1.58. The number of ether oxygens (including phenoxy) is 1. The van der Waals surface area contributed by atoms with Gasteiger partial charge in [-0.3, -0.25) is 4.79 Å². The van der Waals surface area contributed by atoms with Crippen LogP contribution in [-0.4, -0.2) is 29.0 Å². The highest BCUT2D eigenvalue weighted by Gasteiger charge is 2.12. The molecule has 4 aromatic rings. The molecule has 0 unspecified atom stereocenters. The highest BCUT2D eigenvalue weighted by Crippen LogP contribution is 2.26. The first-order chi connectivity index (χ1) is 14.2. The lowest BCUT2D eigenvalue weighted by Crippen LogP contribution is -2.17. The van der Waals surface area contributed by atoms with Gasteiger partial charge >= 0.3 is 0 Å². The highest BCUT2D eigenvalue weighted by atomic mass is 32.1. The van der Waals surface area contributed by atoms with Crippen LogP contribution in [0.5, 0.6) is 5.75 Å². The van der Waals surface area contributed by atoms with E-state index in [1.165, 1.54) is 0 Å². The Kier molecular flexibility index (Phi) is 5.49. The molecule has 6 nitrogen and oxygen atoms in total. The number of rotatable bonds is 6. The molecule has 0 aliphatic rings. The maximum atomic E-state index is 12.3. The van der Waals surface area contributed by atoms with Crippen molar-refractivity contribution in [2.45, 2.75) is 0 Å². The number of carbonyl (C=O) groups excluding carboxylic acids is 1. The van der Waals surface area contributed by atoms with Crippen LogP contribution >= 0.6 is 11.3 Å². The molecule has 0 saturated carbocycles. The summed E-state index contributed by atoms with van der Waals surface area (Å²) >= 11 is 1.60. The van der Waals surface area contributed by atoms with E-state index in [1.807, 2.05) is 58.7 Å². The van der Waals surface area contributed by atoms with Gasteiger partial charge in [0, 0.05) is 17.3 Å². The summed E-state index contributed by atoms with van der Waals surface area (Å²) in [5.41, 5.74) is 5.64. The number of hydrogen-bond acceptors (Lipinski definition) is 5. The number of methoxy groups -OCH3 is 1. The first-order valence-electron chi connectivity index (χ1n) is 8.91. The minimum atomic E-state index is -0.294. The van der Waals surface area contributed by atoms with Crippen LogP contribution in [0.15, 0.2) is 83.4 Å². The van der Waals surface area contributed by atoms with Crippen molar-refractivity contribution in [2.24, 2.45) is 5.10 Å². The van der Waals surface area contributed by atoms with Gasteiger partial charge in [0.15, 0.2) is 0 Å². The van der Waals surface area contributed by atoms with Crippen LogP contribution in [0, 0.1) is 0 Å². The second kappa shape index (κ2) is 8.53. The van der Waals surface area contributed by atoms with Crippen molar-refractivity contribution in [3.05, 3.63) is 89.4 Å². The number of thiophene rings is 1. The van der Waals surface area contributed by atoms with Crippen LogP contribution in [0.3, 0.4) is 0 Å². The lowest BCUT2D eigenvalue weighted by Gasteiger charge is -2.02. The average Bonchev–Trinajstić information content (AvgIpc) is 3.44. The largest absolute Gasteiger partial charge is 0.497 e. The monoisotopic (exact) mass is 402 g/mol. The fourth-order valence-electron chi connectivity index (χ4n) is 2.77. The van der Waals surface area contributed by atoms with Crippen molar-refractivity contribution in [1.29, 1.82) is 0 Å². The summed E-state index contributed by atoms with van der Waals surface area (Å²) in [6.07, 6.45) is 3.51. The molecule has 29 heavy (non-hydrogen) atoms. The maximum absolute atomic E-state index is 12.3. The van der Waals surface area contributed by atoms with E-state index in [-0.39, 0.29) is 5.91 Å². The zero-order valence-corrected chi connectivity index (χ0v) is 16.5. The molecule has 0 radical (unpaired) electrons. The van der Waals surface area contributed by atoms with Crippen molar-refractivity contribution in [2.75, 3.05) is 7.11 Å². The van der Waals surface area contributed by atoms with Gasteiger partial charge in [-0.15, -0.1) is 11.3 Å². The van der Waals surface area contributed by atoms with Crippen LogP contribution in [0.1, 0.15) is 15.9 Å². The standard InChI is InChI=1S/C22H18N4O2S/c1-28-19-11-9-16(10-12-19)22(27)24-23-14-17-15-26(18-6-3-2-4-7-18)25-21(17)20-8-5-13-29-20/h2-15H,1H3,(H,24,27)/b23-14+. The zero-order chi connectivity index (χ0) is 20.1. The number of para-hydroxylation sites is 1. The van der Waals surface area contributed by atoms with E-state index in [9.17, 15) is 4.79 Å². The lowest BCUT2D eigenvalue weighted by atomic mass is 10.2. The maximum Gasteiger partial charge on any atom is 0.271 e. The number of hydrazone groups is 1. The van der Waals surface area contributed by atoms with E-state index in [2.05, 4.69) is 10.5 Å². The molecule has 0 aliphatic heterocycles. The van der Waals surface area contributed by atoms with Gasteiger partial charge in [0.2, 0.25) is 0 Å². The molecule has 144 valence electrons. The third kappa shape index (κ3) is 4.25. The van der Waals surface area contributed by atoms with E-state index in [1.54, 1.807) is 48.9 Å². The molecule has 0 aliphatic carbocycles. The Balaban J connectivity index is 1.56. The van der Waals surface area contributed by atoms with E-state index in [0.717, 1.165) is 21.8 Å². The van der Waals surface area contributed by atoms with Gasteiger partial charge in [0.05, 0.1) is 23.9 Å². The molecule has 0 saturated heterocycles. The van der Waals surface area contributed by atoms with Crippen LogP contribution in [0.4, 0.5) is 0 Å². The number of aromatic nitrogens is 2. The van der Waals surface area contributed by atoms with Gasteiger partial charge in [0.25, 0.3) is 5.91 Å². The van der Waals surface area contributed by atoms with E-state index in [0.29, 0.717) is 11.3 Å². The summed E-state index contributed by atoms with van der Waals surface area (Å²) in [6.45, 7) is 0. The Morgan fingerprint density at radius 1 is 1.10 bits per heavy atom. The second-order valence-corrected chi connectivity index (χ2v) is 7.07. The Bertz CT molecular complexity index is 1120. The number of benzene rings is 2. The Labute approximate surface area is 172 Å². The molecule has 2 heterocycles. The van der Waals surface area contributed by atoms with Crippen LogP contribution in [0.25, 0.3) is 16.3 Å². The topological polar surface area (TPSA) is 68.5 Å². The molecule has 7 heteroatoms. The number of amides is 1.